The summed E-state index contributed by atoms with van der Waals surface area (Å²) in [6, 6.07) is 8.80. The maximum atomic E-state index is 12.7. The molecule has 1 unspecified atom stereocenters. The zero-order valence-electron chi connectivity index (χ0n) is 16.6. The second-order valence-corrected chi connectivity index (χ2v) is 7.61. The van der Waals surface area contributed by atoms with Gasteiger partial charge in [-0.2, -0.15) is 0 Å². The maximum absolute atomic E-state index is 12.7. The van der Waals surface area contributed by atoms with Crippen LogP contribution in [0.4, 0.5) is 5.69 Å². The molecular formula is C22H27N3O3. The van der Waals surface area contributed by atoms with Gasteiger partial charge in [0.2, 0.25) is 0 Å². The minimum absolute atomic E-state index is 0.0658. The fourth-order valence-corrected chi connectivity index (χ4v) is 3.33. The van der Waals surface area contributed by atoms with Crippen LogP contribution in [-0.2, 0) is 0 Å². The summed E-state index contributed by atoms with van der Waals surface area (Å²) in [4.78, 5) is 31.3. The van der Waals surface area contributed by atoms with E-state index in [0.717, 1.165) is 31.7 Å². The Kier molecular flexibility index (Phi) is 6.29. The van der Waals surface area contributed by atoms with Crippen molar-refractivity contribution in [3.63, 3.8) is 0 Å². The second kappa shape index (κ2) is 8.87. The first-order valence-corrected chi connectivity index (χ1v) is 9.75. The van der Waals surface area contributed by atoms with E-state index in [1.165, 1.54) is 12.4 Å². The summed E-state index contributed by atoms with van der Waals surface area (Å²) in [6.07, 6.45) is 5.25. The number of likely N-dealkylation sites (tertiary alicyclic amines) is 1. The molecule has 0 aliphatic carbocycles. The van der Waals surface area contributed by atoms with E-state index in [-0.39, 0.29) is 17.9 Å². The van der Waals surface area contributed by atoms with Gasteiger partial charge < -0.3 is 15.0 Å². The lowest BCUT2D eigenvalue weighted by Crippen LogP contribution is -2.39. The van der Waals surface area contributed by atoms with Crippen LogP contribution in [-0.4, -0.2) is 40.9 Å². The molecule has 1 saturated heterocycles. The topological polar surface area (TPSA) is 71.5 Å². The average molecular weight is 381 g/mol. The van der Waals surface area contributed by atoms with Crippen molar-refractivity contribution in [2.75, 3.05) is 18.4 Å². The predicted molar refractivity (Wildman–Crippen MR) is 109 cm³/mol. The van der Waals surface area contributed by atoms with Gasteiger partial charge in [-0.15, -0.1) is 0 Å². The molecule has 1 aromatic heterocycles. The SMILES string of the molecule is CC1CCCN(C(=O)c2cncc(C(=O)Nc3ccc(OC(C)C)cc3)c2)C1. The number of aromatic nitrogens is 1. The number of anilines is 1. The fourth-order valence-electron chi connectivity index (χ4n) is 3.33. The van der Waals surface area contributed by atoms with Crippen molar-refractivity contribution in [3.05, 3.63) is 53.9 Å². The Morgan fingerprint density at radius 3 is 2.57 bits per heavy atom. The molecular weight excluding hydrogens is 354 g/mol. The molecule has 1 fully saturated rings. The molecule has 0 radical (unpaired) electrons. The number of amides is 2. The van der Waals surface area contributed by atoms with Crippen LogP contribution in [0.15, 0.2) is 42.7 Å². The number of carbonyl (C=O) groups excluding carboxylic acids is 2. The lowest BCUT2D eigenvalue weighted by molar-refractivity contribution is 0.0682. The molecule has 1 aliphatic rings. The summed E-state index contributed by atoms with van der Waals surface area (Å²) in [5.74, 6) is 0.883. The van der Waals surface area contributed by atoms with Gasteiger partial charge in [0.05, 0.1) is 17.2 Å². The molecule has 2 amide bonds. The van der Waals surface area contributed by atoms with Crippen LogP contribution in [0.1, 0.15) is 54.3 Å². The first-order chi connectivity index (χ1) is 13.4. The van der Waals surface area contributed by atoms with E-state index in [9.17, 15) is 9.59 Å². The van der Waals surface area contributed by atoms with Crippen molar-refractivity contribution in [1.29, 1.82) is 0 Å². The highest BCUT2D eigenvalue weighted by molar-refractivity contribution is 6.05. The number of carbonyl (C=O) groups is 2. The summed E-state index contributed by atoms with van der Waals surface area (Å²) in [5, 5.41) is 2.83. The maximum Gasteiger partial charge on any atom is 0.257 e. The lowest BCUT2D eigenvalue weighted by Gasteiger charge is -2.30. The monoisotopic (exact) mass is 381 g/mol. The summed E-state index contributed by atoms with van der Waals surface area (Å²) in [5.41, 5.74) is 1.46. The standard InChI is InChI=1S/C22H27N3O3/c1-15(2)28-20-8-6-19(7-9-20)24-21(26)17-11-18(13-23-12-17)22(27)25-10-4-5-16(3)14-25/h6-9,11-13,15-16H,4-5,10,14H2,1-3H3,(H,24,26). The van der Waals surface area contributed by atoms with Crippen molar-refractivity contribution in [2.45, 2.75) is 39.7 Å². The quantitative estimate of drug-likeness (QED) is 0.850. The van der Waals surface area contributed by atoms with Gasteiger partial charge in [-0.05, 0) is 62.9 Å². The Morgan fingerprint density at radius 1 is 1.18 bits per heavy atom. The smallest absolute Gasteiger partial charge is 0.257 e. The number of piperidine rings is 1. The number of hydrogen-bond donors (Lipinski definition) is 1. The summed E-state index contributed by atoms with van der Waals surface area (Å²) in [7, 11) is 0. The molecule has 2 aromatic rings. The summed E-state index contributed by atoms with van der Waals surface area (Å²) >= 11 is 0. The third-order valence-corrected chi connectivity index (χ3v) is 4.68. The van der Waals surface area contributed by atoms with Crippen LogP contribution in [0.25, 0.3) is 0 Å². The first-order valence-electron chi connectivity index (χ1n) is 9.75. The lowest BCUT2D eigenvalue weighted by atomic mass is 9.99. The highest BCUT2D eigenvalue weighted by Gasteiger charge is 2.23. The molecule has 2 heterocycles. The number of nitrogens with one attached hydrogen (secondary N) is 1. The van der Waals surface area contributed by atoms with Crippen molar-refractivity contribution in [2.24, 2.45) is 5.92 Å². The number of nitrogens with zero attached hydrogens (tertiary/aromatic N) is 2. The van der Waals surface area contributed by atoms with E-state index >= 15 is 0 Å². The van der Waals surface area contributed by atoms with Crippen LogP contribution in [0.2, 0.25) is 0 Å². The van der Waals surface area contributed by atoms with E-state index in [1.807, 2.05) is 30.9 Å². The van der Waals surface area contributed by atoms with Crippen LogP contribution in [0.5, 0.6) is 5.75 Å². The number of hydrogen-bond acceptors (Lipinski definition) is 4. The molecule has 1 aromatic carbocycles. The largest absolute Gasteiger partial charge is 0.491 e. The number of rotatable bonds is 5. The van der Waals surface area contributed by atoms with E-state index in [0.29, 0.717) is 22.7 Å². The highest BCUT2D eigenvalue weighted by Crippen LogP contribution is 2.19. The van der Waals surface area contributed by atoms with E-state index in [2.05, 4.69) is 17.2 Å². The first kappa shape index (κ1) is 19.9. The molecule has 0 saturated carbocycles. The molecule has 0 bridgehead atoms. The fraction of sp³-hybridized carbons (Fsp3) is 0.409. The van der Waals surface area contributed by atoms with Gasteiger partial charge >= 0.3 is 0 Å². The van der Waals surface area contributed by atoms with Gasteiger partial charge in [0.1, 0.15) is 5.75 Å². The summed E-state index contributed by atoms with van der Waals surface area (Å²) < 4.78 is 5.60. The Balaban J connectivity index is 1.67. The van der Waals surface area contributed by atoms with Gasteiger partial charge in [0.15, 0.2) is 0 Å². The van der Waals surface area contributed by atoms with Gasteiger partial charge in [0, 0.05) is 31.2 Å². The van der Waals surface area contributed by atoms with Gasteiger partial charge in [-0.1, -0.05) is 6.92 Å². The van der Waals surface area contributed by atoms with Crippen LogP contribution in [0.3, 0.4) is 0 Å². The van der Waals surface area contributed by atoms with Crippen LogP contribution in [0, 0.1) is 5.92 Å². The van der Waals surface area contributed by atoms with Crippen molar-refractivity contribution < 1.29 is 14.3 Å². The Morgan fingerprint density at radius 2 is 1.89 bits per heavy atom. The van der Waals surface area contributed by atoms with Crippen LogP contribution < -0.4 is 10.1 Å². The third-order valence-electron chi connectivity index (χ3n) is 4.68. The average Bonchev–Trinajstić information content (AvgIpc) is 2.68. The molecule has 6 heteroatoms. The molecule has 6 nitrogen and oxygen atoms in total. The minimum Gasteiger partial charge on any atom is -0.491 e. The molecule has 3 rings (SSSR count). The van der Waals surface area contributed by atoms with Crippen molar-refractivity contribution in [1.82, 2.24) is 9.88 Å². The molecule has 1 aliphatic heterocycles. The number of pyridine rings is 1. The van der Waals surface area contributed by atoms with E-state index < -0.39 is 0 Å². The molecule has 28 heavy (non-hydrogen) atoms. The zero-order chi connectivity index (χ0) is 20.1. The molecule has 1 atom stereocenters. The minimum atomic E-state index is -0.299. The Bertz CT molecular complexity index is 833. The van der Waals surface area contributed by atoms with Crippen molar-refractivity contribution >= 4 is 17.5 Å². The Hall–Kier alpha value is -2.89. The summed E-state index contributed by atoms with van der Waals surface area (Å²) in [6.45, 7) is 7.58. The van der Waals surface area contributed by atoms with Gasteiger partial charge in [-0.3, -0.25) is 14.6 Å². The third kappa shape index (κ3) is 5.09. The van der Waals surface area contributed by atoms with Crippen molar-refractivity contribution in [3.8, 4) is 5.75 Å². The molecule has 148 valence electrons. The van der Waals surface area contributed by atoms with Crippen LogP contribution >= 0.6 is 0 Å². The second-order valence-electron chi connectivity index (χ2n) is 7.61. The number of benzene rings is 1. The normalized spacial score (nSPS) is 16.7. The van der Waals surface area contributed by atoms with E-state index in [4.69, 9.17) is 4.74 Å². The predicted octanol–water partition coefficient (Wildman–Crippen LogP) is 3.99. The highest BCUT2D eigenvalue weighted by atomic mass is 16.5. The molecule has 0 spiro atoms. The number of ether oxygens (including phenoxy) is 1. The van der Waals surface area contributed by atoms with Gasteiger partial charge in [0.25, 0.3) is 11.8 Å². The Labute approximate surface area is 165 Å². The molecule has 1 N–H and O–H groups in total. The van der Waals surface area contributed by atoms with E-state index in [1.54, 1.807) is 18.2 Å². The zero-order valence-corrected chi connectivity index (χ0v) is 16.6. The van der Waals surface area contributed by atoms with Gasteiger partial charge in [-0.25, -0.2) is 0 Å².